The number of thioether (sulfide) groups is 1. The van der Waals surface area contributed by atoms with E-state index in [1.165, 1.54) is 4.21 Å². The van der Waals surface area contributed by atoms with Crippen molar-refractivity contribution < 1.29 is 14.0 Å². The molecule has 2 aromatic heterocycles. The number of nitrogens with one attached hydrogen (secondary N) is 2. The van der Waals surface area contributed by atoms with E-state index in [0.29, 0.717) is 22.6 Å². The van der Waals surface area contributed by atoms with Crippen LogP contribution in [0.25, 0.3) is 11.0 Å². The highest BCUT2D eigenvalue weighted by Gasteiger charge is 2.23. The summed E-state index contributed by atoms with van der Waals surface area (Å²) in [6, 6.07) is 17.1. The highest BCUT2D eigenvalue weighted by molar-refractivity contribution is 8.00. The number of hydrogen-bond acceptors (Lipinski definition) is 5. The van der Waals surface area contributed by atoms with Crippen LogP contribution in [0, 0.1) is 6.92 Å². The maximum Gasteiger partial charge on any atom is 0.291 e. The number of fused-ring (bicyclic) bond motifs is 1. The molecule has 0 fully saturated rings. The van der Waals surface area contributed by atoms with Gasteiger partial charge in [-0.2, -0.15) is 0 Å². The number of thiophene rings is 1. The van der Waals surface area contributed by atoms with Gasteiger partial charge in [0.15, 0.2) is 5.76 Å². The molecule has 2 heterocycles. The lowest BCUT2D eigenvalue weighted by molar-refractivity contribution is 0.0963. The lowest BCUT2D eigenvalue weighted by Gasteiger charge is -2.12. The van der Waals surface area contributed by atoms with Crippen molar-refractivity contribution in [3.05, 3.63) is 82.4 Å². The Kier molecular flexibility index (Phi) is 5.92. The largest absolute Gasteiger partial charge is 0.451 e. The van der Waals surface area contributed by atoms with Crippen LogP contribution < -0.4 is 10.6 Å². The van der Waals surface area contributed by atoms with Crippen molar-refractivity contribution in [3.63, 3.8) is 0 Å². The molecule has 0 aliphatic carbocycles. The van der Waals surface area contributed by atoms with E-state index in [9.17, 15) is 9.59 Å². The molecule has 152 valence electrons. The summed E-state index contributed by atoms with van der Waals surface area (Å²) in [5.74, 6) is 0.256. The van der Waals surface area contributed by atoms with E-state index in [2.05, 4.69) is 16.7 Å². The Morgan fingerprint density at radius 2 is 1.87 bits per heavy atom. The molecule has 0 aliphatic heterocycles. The van der Waals surface area contributed by atoms with Gasteiger partial charge in [-0.1, -0.05) is 36.4 Å². The second-order valence-corrected chi connectivity index (χ2v) is 8.88. The average Bonchev–Trinajstić information content (AvgIpc) is 3.39. The molecule has 0 saturated heterocycles. The zero-order valence-electron chi connectivity index (χ0n) is 16.5. The molecule has 2 amide bonds. The first-order valence-corrected chi connectivity index (χ1v) is 11.2. The van der Waals surface area contributed by atoms with Gasteiger partial charge in [0.2, 0.25) is 0 Å². The molecule has 0 atom stereocenters. The third-order valence-corrected chi connectivity index (χ3v) is 6.89. The molecule has 0 saturated carbocycles. The van der Waals surface area contributed by atoms with E-state index < -0.39 is 0 Å². The molecule has 7 heteroatoms. The van der Waals surface area contributed by atoms with Crippen LogP contribution in [-0.2, 0) is 5.75 Å². The zero-order chi connectivity index (χ0) is 21.1. The predicted molar refractivity (Wildman–Crippen MR) is 123 cm³/mol. The second-order valence-electron chi connectivity index (χ2n) is 6.66. The van der Waals surface area contributed by atoms with Gasteiger partial charge >= 0.3 is 0 Å². The van der Waals surface area contributed by atoms with Crippen molar-refractivity contribution in [2.45, 2.75) is 16.9 Å². The summed E-state index contributed by atoms with van der Waals surface area (Å²) >= 11 is 3.33. The second kappa shape index (κ2) is 8.77. The van der Waals surface area contributed by atoms with Gasteiger partial charge in [-0.3, -0.25) is 9.59 Å². The molecule has 2 aromatic carbocycles. The van der Waals surface area contributed by atoms with E-state index >= 15 is 0 Å². The SMILES string of the molecule is CNC(=O)c1c(C)cccc1NC(=O)c1oc2ccccc2c1CSc1cccs1. The fourth-order valence-corrected chi connectivity index (χ4v) is 5.10. The summed E-state index contributed by atoms with van der Waals surface area (Å²) in [6.07, 6.45) is 0. The van der Waals surface area contributed by atoms with Crippen LogP contribution in [0.2, 0.25) is 0 Å². The van der Waals surface area contributed by atoms with Crippen LogP contribution in [-0.4, -0.2) is 18.9 Å². The third kappa shape index (κ3) is 3.99. The predicted octanol–water partition coefficient (Wildman–Crippen LogP) is 5.71. The average molecular weight is 437 g/mol. The Balaban J connectivity index is 1.69. The van der Waals surface area contributed by atoms with Crippen LogP contribution in [0.4, 0.5) is 5.69 Å². The standard InChI is InChI=1S/C23H20N2O3S2/c1-14-7-5-9-17(20(14)22(26)24-2)25-23(27)21-16(13-30-19-11-6-12-29-19)15-8-3-4-10-18(15)28-21/h3-12H,13H2,1-2H3,(H,24,26)(H,25,27). The molecule has 0 aliphatic rings. The minimum Gasteiger partial charge on any atom is -0.451 e. The number of anilines is 1. The van der Waals surface area contributed by atoms with Crippen LogP contribution in [0.15, 0.2) is 68.6 Å². The van der Waals surface area contributed by atoms with Crippen LogP contribution >= 0.6 is 23.1 Å². The number of rotatable bonds is 6. The van der Waals surface area contributed by atoms with Crippen molar-refractivity contribution >= 4 is 51.6 Å². The number of carbonyl (C=O) groups is 2. The van der Waals surface area contributed by atoms with Gasteiger partial charge in [0.1, 0.15) is 5.58 Å². The maximum atomic E-state index is 13.2. The normalized spacial score (nSPS) is 10.9. The Bertz CT molecular complexity index is 1210. The highest BCUT2D eigenvalue weighted by atomic mass is 32.2. The topological polar surface area (TPSA) is 71.3 Å². The third-order valence-electron chi connectivity index (χ3n) is 4.73. The van der Waals surface area contributed by atoms with E-state index in [-0.39, 0.29) is 17.6 Å². The lowest BCUT2D eigenvalue weighted by atomic mass is 10.1. The first-order valence-electron chi connectivity index (χ1n) is 9.38. The molecule has 0 bridgehead atoms. The van der Waals surface area contributed by atoms with Gasteiger partial charge in [-0.15, -0.1) is 23.1 Å². The lowest BCUT2D eigenvalue weighted by Crippen LogP contribution is -2.22. The summed E-state index contributed by atoms with van der Waals surface area (Å²) in [5, 5.41) is 8.45. The minimum absolute atomic E-state index is 0.249. The smallest absolute Gasteiger partial charge is 0.291 e. The molecule has 0 radical (unpaired) electrons. The Hall–Kier alpha value is -3.03. The number of para-hydroxylation sites is 1. The Morgan fingerprint density at radius 1 is 1.03 bits per heavy atom. The molecular formula is C23H20N2O3S2. The van der Waals surface area contributed by atoms with Gasteiger partial charge in [-0.05, 0) is 36.1 Å². The van der Waals surface area contributed by atoms with E-state index in [1.54, 1.807) is 36.2 Å². The number of furan rings is 1. The summed E-state index contributed by atoms with van der Waals surface area (Å²) in [6.45, 7) is 1.84. The van der Waals surface area contributed by atoms with Crippen molar-refractivity contribution in [2.75, 3.05) is 12.4 Å². The summed E-state index contributed by atoms with van der Waals surface area (Å²) in [5.41, 5.74) is 3.19. The Labute approximate surface area is 182 Å². The van der Waals surface area contributed by atoms with E-state index in [1.807, 2.05) is 54.8 Å². The quantitative estimate of drug-likeness (QED) is 0.380. The van der Waals surface area contributed by atoms with Gasteiger partial charge in [0.05, 0.1) is 15.5 Å². The Morgan fingerprint density at radius 3 is 2.63 bits per heavy atom. The molecule has 5 nitrogen and oxygen atoms in total. The number of benzene rings is 2. The van der Waals surface area contributed by atoms with Crippen molar-refractivity contribution in [1.82, 2.24) is 5.32 Å². The monoisotopic (exact) mass is 436 g/mol. The van der Waals surface area contributed by atoms with Crippen molar-refractivity contribution in [3.8, 4) is 0 Å². The minimum atomic E-state index is -0.372. The summed E-state index contributed by atoms with van der Waals surface area (Å²) in [4.78, 5) is 25.5. The van der Waals surface area contributed by atoms with Crippen LogP contribution in [0.3, 0.4) is 0 Å². The molecule has 4 rings (SSSR count). The van der Waals surface area contributed by atoms with Crippen molar-refractivity contribution in [2.24, 2.45) is 0 Å². The van der Waals surface area contributed by atoms with Crippen LogP contribution in [0.5, 0.6) is 0 Å². The number of aryl methyl sites for hydroxylation is 1. The molecule has 0 spiro atoms. The number of amides is 2. The molecular weight excluding hydrogens is 416 g/mol. The van der Waals surface area contributed by atoms with Gasteiger partial charge in [-0.25, -0.2) is 0 Å². The van der Waals surface area contributed by atoms with E-state index in [4.69, 9.17) is 4.42 Å². The number of hydrogen-bond donors (Lipinski definition) is 2. The maximum absolute atomic E-state index is 13.2. The van der Waals surface area contributed by atoms with Gasteiger partial charge in [0.25, 0.3) is 11.8 Å². The molecule has 2 N–H and O–H groups in total. The first-order chi connectivity index (χ1) is 14.6. The summed E-state index contributed by atoms with van der Waals surface area (Å²) < 4.78 is 7.11. The highest BCUT2D eigenvalue weighted by Crippen LogP contribution is 2.34. The van der Waals surface area contributed by atoms with Gasteiger partial charge in [0, 0.05) is 23.8 Å². The number of carbonyl (C=O) groups excluding carboxylic acids is 2. The molecule has 30 heavy (non-hydrogen) atoms. The molecule has 4 aromatic rings. The van der Waals surface area contributed by atoms with Crippen molar-refractivity contribution in [1.29, 1.82) is 0 Å². The fraction of sp³-hybridized carbons (Fsp3) is 0.130. The van der Waals surface area contributed by atoms with Crippen LogP contribution in [0.1, 0.15) is 32.0 Å². The first kappa shape index (κ1) is 20.3. The fourth-order valence-electron chi connectivity index (χ4n) is 3.29. The molecule has 0 unspecified atom stereocenters. The van der Waals surface area contributed by atoms with E-state index in [0.717, 1.165) is 16.5 Å². The summed E-state index contributed by atoms with van der Waals surface area (Å²) in [7, 11) is 1.57. The zero-order valence-corrected chi connectivity index (χ0v) is 18.2. The van der Waals surface area contributed by atoms with Gasteiger partial charge < -0.3 is 15.1 Å².